The Kier molecular flexibility index (Phi) is 11.3. The first kappa shape index (κ1) is 15.6. The average molecular weight is 560 g/mol. The van der Waals surface area contributed by atoms with E-state index in [1.54, 1.807) is 0 Å². The number of hydrogen-bond donors (Lipinski definition) is 1. The molecule has 1 aromatic rings. The molecule has 0 aliphatic heterocycles. The van der Waals surface area contributed by atoms with Crippen LogP contribution in [0.5, 0.6) is 5.88 Å². The summed E-state index contributed by atoms with van der Waals surface area (Å²) in [6.07, 6.45) is 2.64. The second kappa shape index (κ2) is 8.69. The van der Waals surface area contributed by atoms with Crippen molar-refractivity contribution in [2.45, 2.75) is 13.8 Å². The summed E-state index contributed by atoms with van der Waals surface area (Å²) in [6, 6.07) is 1.84. The van der Waals surface area contributed by atoms with Gasteiger partial charge in [0.1, 0.15) is 0 Å². The monoisotopic (exact) mass is 560 g/mol. The van der Waals surface area contributed by atoms with E-state index in [4.69, 9.17) is 5.11 Å². The summed E-state index contributed by atoms with van der Waals surface area (Å²) in [5, 5.41) is 8.90. The number of rotatable bonds is 0. The fraction of sp³-hybridized carbons (Fsp3) is 0.286. The number of nitrogens with zero attached hydrogens (tertiary/aromatic N) is 1. The Labute approximate surface area is 110 Å². The maximum absolute atomic E-state index is 8.90. The van der Waals surface area contributed by atoms with E-state index in [0.717, 1.165) is 11.1 Å². The number of aryl methyl sites for hydroxylation is 2. The maximum atomic E-state index is 8.90. The van der Waals surface area contributed by atoms with Crippen molar-refractivity contribution in [1.82, 2.24) is 4.98 Å². The van der Waals surface area contributed by atoms with Crippen LogP contribution in [0, 0.1) is 20.0 Å². The molecule has 0 saturated heterocycles. The number of pyridine rings is 1. The molecule has 1 aromatic heterocycles. The van der Waals surface area contributed by atoms with E-state index < -0.39 is 0 Å². The maximum Gasteiger partial charge on any atom is 0.0971 e. The van der Waals surface area contributed by atoms with E-state index in [1.807, 2.05) is 19.9 Å². The summed E-state index contributed by atoms with van der Waals surface area (Å²) in [6.45, 7) is 3.70. The van der Waals surface area contributed by atoms with E-state index in [9.17, 15) is 0 Å². The fourth-order valence-corrected chi connectivity index (χ4v) is 0.651. The molecule has 0 radical (unpaired) electrons. The first-order valence-electron chi connectivity index (χ1n) is 2.89. The van der Waals surface area contributed by atoms with Gasteiger partial charge in [0.25, 0.3) is 0 Å². The van der Waals surface area contributed by atoms with Crippen LogP contribution in [0.1, 0.15) is 11.1 Å². The molecule has 5 heteroatoms. The van der Waals surface area contributed by atoms with Crippen molar-refractivity contribution in [2.24, 2.45) is 0 Å². The topological polar surface area (TPSA) is 33.1 Å². The molecule has 1 rings (SSSR count). The third-order valence-electron chi connectivity index (χ3n) is 1.12. The minimum absolute atomic E-state index is 0. The van der Waals surface area contributed by atoms with E-state index >= 15 is 0 Å². The van der Waals surface area contributed by atoms with Gasteiger partial charge in [-0.05, 0) is 0 Å². The molecule has 0 unspecified atom stereocenters. The molecule has 0 saturated carbocycles. The van der Waals surface area contributed by atoms with E-state index in [0.29, 0.717) is 0 Å². The zero-order valence-electron chi connectivity index (χ0n) is 6.64. The van der Waals surface area contributed by atoms with Gasteiger partial charge in [-0.1, -0.05) is 20.0 Å². The van der Waals surface area contributed by atoms with Crippen LogP contribution in [0.4, 0.5) is 0 Å². The van der Waals surface area contributed by atoms with Crippen molar-refractivity contribution in [3.05, 3.63) is 23.4 Å². The van der Waals surface area contributed by atoms with Gasteiger partial charge in [0, 0.05) is 58.3 Å². The molecule has 0 aliphatic carbocycles. The molecule has 0 fully saturated rings. The van der Waals surface area contributed by atoms with E-state index in [2.05, 4.69) is 48.4 Å². The summed E-state index contributed by atoms with van der Waals surface area (Å²) in [4.78, 5) is 3.61. The molecule has 0 spiro atoms. The van der Waals surface area contributed by atoms with Gasteiger partial charge in [0.15, 0.2) is 0 Å². The molecule has 0 bridgehead atoms. The van der Waals surface area contributed by atoms with Crippen LogP contribution in [0.2, 0.25) is 0 Å². The summed E-state index contributed by atoms with van der Waals surface area (Å²) in [5.74, 6) is 0.0700. The minimum Gasteiger partial charge on any atom is -0.550 e. The normalized spacial score (nSPS) is 7.67. The van der Waals surface area contributed by atoms with Gasteiger partial charge in [-0.3, -0.25) is 0 Å². The van der Waals surface area contributed by atoms with Crippen LogP contribution in [-0.2, 0) is 21.1 Å². The van der Waals surface area contributed by atoms with Crippen molar-refractivity contribution >= 4 is 37.2 Å². The van der Waals surface area contributed by atoms with Crippen LogP contribution in [0.25, 0.3) is 0 Å². The van der Waals surface area contributed by atoms with E-state index in [-0.39, 0.29) is 26.9 Å². The molecular weight excluding hydrogens is 552 g/mol. The summed E-state index contributed by atoms with van der Waals surface area (Å²) < 4.78 is 0. The number of aromatic hydroxyl groups is 1. The third-order valence-corrected chi connectivity index (χ3v) is 1.12. The molecule has 2 nitrogen and oxygen atoms in total. The van der Waals surface area contributed by atoms with Gasteiger partial charge < -0.3 is 10.1 Å². The Hall–Kier alpha value is 1.10. The molecule has 12 heavy (non-hydrogen) atoms. The fourth-order valence-electron chi connectivity index (χ4n) is 0.651. The summed E-state index contributed by atoms with van der Waals surface area (Å²) in [5.41, 5.74) is 1.75. The van der Waals surface area contributed by atoms with Gasteiger partial charge in [0.05, 0.1) is 5.88 Å². The number of aromatic nitrogens is 1. The van der Waals surface area contributed by atoms with Crippen molar-refractivity contribution < 1.29 is 26.2 Å². The van der Waals surface area contributed by atoms with Crippen LogP contribution in [0.3, 0.4) is 0 Å². The molecule has 0 aliphatic rings. The van der Waals surface area contributed by atoms with Crippen molar-refractivity contribution in [3.63, 3.8) is 0 Å². The van der Waals surface area contributed by atoms with Crippen molar-refractivity contribution in [3.8, 4) is 5.88 Å². The van der Waals surface area contributed by atoms with Gasteiger partial charge in [-0.15, -0.1) is 11.1 Å². The van der Waals surface area contributed by atoms with Gasteiger partial charge in [0.2, 0.25) is 0 Å². The Morgan fingerprint density at radius 1 is 1.42 bits per heavy atom. The number of halogens is 2. The molecule has 68 valence electrons. The summed E-state index contributed by atoms with van der Waals surface area (Å²) >= 11 is 4.24. The van der Waals surface area contributed by atoms with Gasteiger partial charge >= 0.3 is 0 Å². The number of hydrogen-bond acceptors (Lipinski definition) is 2. The predicted molar refractivity (Wildman–Crippen MR) is 62.3 cm³/mol. The van der Waals surface area contributed by atoms with Crippen molar-refractivity contribution in [1.29, 1.82) is 0 Å². The Morgan fingerprint density at radius 2 is 1.92 bits per heavy atom. The predicted octanol–water partition coefficient (Wildman–Crippen LogP) is 2.97. The van der Waals surface area contributed by atoms with Crippen LogP contribution in [0.15, 0.2) is 6.07 Å². The minimum atomic E-state index is 0. The van der Waals surface area contributed by atoms with Gasteiger partial charge in [-0.2, -0.15) is 6.07 Å². The van der Waals surface area contributed by atoms with E-state index in [1.165, 1.54) is 0 Å². The Morgan fingerprint density at radius 3 is 2.25 bits per heavy atom. The second-order valence-corrected chi connectivity index (χ2v) is 2.06. The average Bonchev–Trinajstić information content (AvgIpc) is 2.02. The zero-order valence-corrected chi connectivity index (χ0v) is 13.9. The quantitative estimate of drug-likeness (QED) is 0.392. The molecular formula is C7H8I2NOW-. The van der Waals surface area contributed by atoms with Crippen LogP contribution < -0.4 is 0 Å². The molecule has 0 atom stereocenters. The first-order chi connectivity index (χ1) is 5.20. The standard InChI is InChI=1S/C7H8NO.I2.W/c1-5-3-6(2)7(9)8-4-5;1-2;/h3H,1-2H3,(H,8,9);;/q-1;;. The molecule has 1 N–H and O–H groups in total. The van der Waals surface area contributed by atoms with Crippen LogP contribution in [-0.4, -0.2) is 10.1 Å². The Balaban J connectivity index is 0. The third kappa shape index (κ3) is 5.69. The zero-order chi connectivity index (χ0) is 8.85. The summed E-state index contributed by atoms with van der Waals surface area (Å²) in [7, 11) is 0. The SMILES string of the molecule is Cc1[c-]nc(O)c(C)c1.II.[W]. The first-order valence-corrected chi connectivity index (χ1v) is 9.18. The Bertz CT molecular complexity index is 233. The van der Waals surface area contributed by atoms with Crippen LogP contribution >= 0.6 is 37.2 Å². The largest absolute Gasteiger partial charge is 0.550 e. The molecule has 0 amide bonds. The second-order valence-electron chi connectivity index (χ2n) is 2.06. The van der Waals surface area contributed by atoms with Gasteiger partial charge in [-0.25, -0.2) is 0 Å². The molecule has 0 aromatic carbocycles. The van der Waals surface area contributed by atoms with Crippen molar-refractivity contribution in [2.75, 3.05) is 0 Å². The smallest absolute Gasteiger partial charge is 0.0971 e. The molecule has 1 heterocycles.